The molecule has 9 rings (SSSR count). The van der Waals surface area contributed by atoms with E-state index in [1.165, 1.54) is 157 Å². The molecule has 0 N–H and O–H groups in total. The fourth-order valence-electron chi connectivity index (χ4n) is 11.6. The molecule has 0 amide bonds. The summed E-state index contributed by atoms with van der Waals surface area (Å²) >= 11 is 0. The molecule has 0 aliphatic carbocycles. The Morgan fingerprint density at radius 2 is 0.579 bits per heavy atom. The van der Waals surface area contributed by atoms with E-state index in [1.54, 1.807) is 28.4 Å². The second-order valence-electron chi connectivity index (χ2n) is 20.6. The van der Waals surface area contributed by atoms with Gasteiger partial charge in [-0.05, 0) is 119 Å². The van der Waals surface area contributed by atoms with Gasteiger partial charge in [-0.3, -0.25) is 0 Å². The van der Waals surface area contributed by atoms with Crippen molar-refractivity contribution in [2.24, 2.45) is 0 Å². The second-order valence-corrected chi connectivity index (χ2v) is 20.6. The van der Waals surface area contributed by atoms with Crippen molar-refractivity contribution < 1.29 is 18.9 Å². The van der Waals surface area contributed by atoms with Crippen molar-refractivity contribution in [3.05, 3.63) is 202 Å². The number of nitrogens with zero attached hydrogens (tertiary/aromatic N) is 2. The third-order valence-corrected chi connectivity index (χ3v) is 15.6. The quantitative estimate of drug-likeness (QED) is 0.0504. The van der Waals surface area contributed by atoms with Crippen LogP contribution in [0.3, 0.4) is 0 Å². The average Bonchev–Trinajstić information content (AvgIpc) is 3.60. The van der Waals surface area contributed by atoms with Gasteiger partial charge in [-0.2, -0.15) is 0 Å². The van der Waals surface area contributed by atoms with Crippen molar-refractivity contribution >= 4 is 45.0 Å². The van der Waals surface area contributed by atoms with E-state index >= 15 is 0 Å². The van der Waals surface area contributed by atoms with E-state index < -0.39 is 0 Å². The van der Waals surface area contributed by atoms with Gasteiger partial charge in [0, 0.05) is 69.2 Å². The van der Waals surface area contributed by atoms with Crippen molar-refractivity contribution in [1.82, 2.24) is 0 Å². The molecule has 0 spiro atoms. The van der Waals surface area contributed by atoms with E-state index in [0.717, 1.165) is 71.2 Å². The van der Waals surface area contributed by atoms with Crippen molar-refractivity contribution in [2.45, 2.75) is 117 Å². The van der Waals surface area contributed by atoms with Crippen LogP contribution in [0.1, 0.15) is 161 Å². The van der Waals surface area contributed by atoms with Crippen molar-refractivity contribution in [3.63, 3.8) is 0 Å². The third kappa shape index (κ3) is 12.1. The standard InChI is InChI=1S/C70H80N2O4/c1-7-9-11-13-15-17-19-25-47-71-63-29-23-21-27-59(63)69(67(51-31-39-55(73-3)40-32-51)52-33-41-56(74-4)42-34-52)61-50-66-62(49-65(61)71)70(60-28-22-24-30-64(60)72(66)48-26-20-18-16-14-12-10-8-2)68(53-35-43-57(75-5)44-36-53)54-37-45-58(76-6)46-38-54/h21-24,27-46,49-50H,7-20,25-26,47-48H2,1-6H3. The molecule has 76 heavy (non-hydrogen) atoms. The first-order valence-electron chi connectivity index (χ1n) is 28.5. The van der Waals surface area contributed by atoms with Crippen LogP contribution in [-0.2, 0) is 0 Å². The van der Waals surface area contributed by atoms with Crippen LogP contribution in [0.15, 0.2) is 158 Å². The van der Waals surface area contributed by atoms with E-state index in [2.05, 4.69) is 181 Å². The van der Waals surface area contributed by atoms with Crippen LogP contribution in [-0.4, -0.2) is 41.5 Å². The number of hydrogen-bond donors (Lipinski definition) is 0. The summed E-state index contributed by atoms with van der Waals surface area (Å²) < 4.78 is 23.1. The first kappa shape index (κ1) is 53.6. The average molecular weight is 1010 g/mol. The number of fused-ring (bicyclic) bond motifs is 4. The summed E-state index contributed by atoms with van der Waals surface area (Å²) in [4.78, 5) is 5.32. The van der Waals surface area contributed by atoms with Crippen LogP contribution in [0.5, 0.6) is 23.0 Å². The number of anilines is 4. The number of rotatable bonds is 26. The maximum Gasteiger partial charge on any atom is 0.118 e. The Hall–Kier alpha value is -7.18. The van der Waals surface area contributed by atoms with Gasteiger partial charge in [0.25, 0.3) is 0 Å². The molecule has 0 bridgehead atoms. The number of hydrogen-bond acceptors (Lipinski definition) is 6. The predicted octanol–water partition coefficient (Wildman–Crippen LogP) is 18.9. The highest BCUT2D eigenvalue weighted by molar-refractivity contribution is 6.16. The maximum atomic E-state index is 5.76. The third-order valence-electron chi connectivity index (χ3n) is 15.6. The summed E-state index contributed by atoms with van der Waals surface area (Å²) in [6, 6.07) is 58.0. The first-order chi connectivity index (χ1) is 37.5. The van der Waals surface area contributed by atoms with Crippen LogP contribution in [0.2, 0.25) is 0 Å². The highest BCUT2D eigenvalue weighted by atomic mass is 16.5. The molecule has 2 heterocycles. The molecule has 0 aromatic heterocycles. The predicted molar refractivity (Wildman–Crippen MR) is 321 cm³/mol. The van der Waals surface area contributed by atoms with E-state index in [9.17, 15) is 0 Å². The Kier molecular flexibility index (Phi) is 18.7. The van der Waals surface area contributed by atoms with Gasteiger partial charge in [-0.1, -0.05) is 189 Å². The first-order valence-corrected chi connectivity index (χ1v) is 28.5. The zero-order chi connectivity index (χ0) is 52.6. The lowest BCUT2D eigenvalue weighted by Crippen LogP contribution is -2.28. The Morgan fingerprint density at radius 3 is 0.868 bits per heavy atom. The summed E-state index contributed by atoms with van der Waals surface area (Å²) in [6.45, 7) is 6.42. The molecule has 6 nitrogen and oxygen atoms in total. The van der Waals surface area contributed by atoms with Gasteiger partial charge in [-0.15, -0.1) is 0 Å². The summed E-state index contributed by atoms with van der Waals surface area (Å²) in [7, 11) is 6.96. The summed E-state index contributed by atoms with van der Waals surface area (Å²) in [6.07, 6.45) is 20.2. The highest BCUT2D eigenvalue weighted by Crippen LogP contribution is 2.56. The number of benzene rings is 7. The monoisotopic (exact) mass is 1010 g/mol. The Bertz CT molecular complexity index is 2740. The number of unbranched alkanes of at least 4 members (excludes halogenated alkanes) is 14. The van der Waals surface area contributed by atoms with Crippen LogP contribution < -0.4 is 28.7 Å². The zero-order valence-corrected chi connectivity index (χ0v) is 46.3. The van der Waals surface area contributed by atoms with Gasteiger partial charge in [0.15, 0.2) is 0 Å². The fourth-order valence-corrected chi connectivity index (χ4v) is 11.6. The summed E-state index contributed by atoms with van der Waals surface area (Å²) in [5, 5.41) is 0. The van der Waals surface area contributed by atoms with Crippen LogP contribution >= 0.6 is 0 Å². The van der Waals surface area contributed by atoms with Gasteiger partial charge >= 0.3 is 0 Å². The van der Waals surface area contributed by atoms with Gasteiger partial charge in [0.1, 0.15) is 23.0 Å². The van der Waals surface area contributed by atoms with Gasteiger partial charge in [0.2, 0.25) is 0 Å². The minimum atomic E-state index is 0.831. The SMILES string of the molecule is CCCCCCCCCCN1c2ccccc2C(=C(c2ccc(OC)cc2)c2ccc(OC)cc2)c2cc3c(cc21)C(=C(c1ccc(OC)cc1)c1ccc(OC)cc1)c1ccccc1N3CCCCCCCCCC. The largest absolute Gasteiger partial charge is 0.497 e. The highest BCUT2D eigenvalue weighted by Gasteiger charge is 2.36. The Morgan fingerprint density at radius 1 is 0.303 bits per heavy atom. The molecule has 394 valence electrons. The molecule has 0 radical (unpaired) electrons. The minimum Gasteiger partial charge on any atom is -0.497 e. The molecular weight excluding hydrogens is 933 g/mol. The molecule has 2 aliphatic rings. The van der Waals surface area contributed by atoms with Crippen molar-refractivity contribution in [3.8, 4) is 23.0 Å². The van der Waals surface area contributed by atoms with E-state index in [-0.39, 0.29) is 0 Å². The molecule has 0 saturated heterocycles. The van der Waals surface area contributed by atoms with Gasteiger partial charge in [0.05, 0.1) is 28.4 Å². The Labute approximate surface area is 455 Å². The molecule has 7 aromatic carbocycles. The number of ether oxygens (including phenoxy) is 4. The smallest absolute Gasteiger partial charge is 0.118 e. The van der Waals surface area contributed by atoms with Crippen LogP contribution in [0.25, 0.3) is 22.3 Å². The van der Waals surface area contributed by atoms with Gasteiger partial charge in [-0.25, -0.2) is 0 Å². The lowest BCUT2D eigenvalue weighted by Gasteiger charge is -2.41. The molecular formula is C70H80N2O4. The van der Waals surface area contributed by atoms with Crippen molar-refractivity contribution in [1.29, 1.82) is 0 Å². The summed E-state index contributed by atoms with van der Waals surface area (Å²) in [5.41, 5.74) is 19.1. The van der Waals surface area contributed by atoms with E-state index in [1.807, 2.05) is 0 Å². The second kappa shape index (κ2) is 26.5. The van der Waals surface area contributed by atoms with Crippen LogP contribution in [0.4, 0.5) is 22.7 Å². The molecule has 0 unspecified atom stereocenters. The lowest BCUT2D eigenvalue weighted by atomic mass is 9.78. The minimum absolute atomic E-state index is 0.831. The van der Waals surface area contributed by atoms with Gasteiger partial charge < -0.3 is 28.7 Å². The Balaban J connectivity index is 1.33. The molecule has 0 saturated carbocycles. The normalized spacial score (nSPS) is 12.4. The molecule has 7 aromatic rings. The van der Waals surface area contributed by atoms with E-state index in [4.69, 9.17) is 18.9 Å². The van der Waals surface area contributed by atoms with Crippen molar-refractivity contribution in [2.75, 3.05) is 51.3 Å². The maximum absolute atomic E-state index is 5.76. The molecule has 6 heteroatoms. The molecule has 2 aliphatic heterocycles. The summed E-state index contributed by atoms with van der Waals surface area (Å²) in [5.74, 6) is 3.32. The fraction of sp³-hybridized carbons (Fsp3) is 0.343. The topological polar surface area (TPSA) is 43.4 Å². The molecule has 0 atom stereocenters. The van der Waals surface area contributed by atoms with E-state index in [0.29, 0.717) is 0 Å². The lowest BCUT2D eigenvalue weighted by molar-refractivity contribution is 0.414. The number of para-hydroxylation sites is 2. The zero-order valence-electron chi connectivity index (χ0n) is 46.3. The molecule has 0 fully saturated rings. The van der Waals surface area contributed by atoms with Crippen LogP contribution in [0, 0.1) is 0 Å². The number of methoxy groups -OCH3 is 4.